The van der Waals surface area contributed by atoms with Crippen LogP contribution in [-0.4, -0.2) is 59.9 Å². The number of hydrogen-bond acceptors (Lipinski definition) is 11. The highest BCUT2D eigenvalue weighted by atomic mass is 16.5. The van der Waals surface area contributed by atoms with Gasteiger partial charge in [0.2, 0.25) is 11.7 Å². The van der Waals surface area contributed by atoms with Gasteiger partial charge in [0.15, 0.2) is 23.6 Å². The number of hydrogen-bond donors (Lipinski definition) is 0. The summed E-state index contributed by atoms with van der Waals surface area (Å²) >= 11 is 0. The Bertz CT molecular complexity index is 1290. The standard InChI is InChI=1S/C23H22N6O6/c1-4-34-16-10-5-13(11-17(16)33-3)21-24-18(35-26-21)12-28-20-19(25-27-28)22(30)29(23(20)31)14-6-8-15(32-2)9-7-14/h5-11,19-20H,4,12H2,1-3H3/t19-,20-/m0/s1. The lowest BCUT2D eigenvalue weighted by Crippen LogP contribution is -2.39. The molecule has 12 nitrogen and oxygen atoms in total. The van der Waals surface area contributed by atoms with Crippen LogP contribution in [0.3, 0.4) is 0 Å². The minimum absolute atomic E-state index is 0.0152. The molecule has 12 heteroatoms. The van der Waals surface area contributed by atoms with E-state index in [1.54, 1.807) is 56.7 Å². The molecule has 1 fully saturated rings. The molecule has 35 heavy (non-hydrogen) atoms. The lowest BCUT2D eigenvalue weighted by Gasteiger charge is -2.19. The van der Waals surface area contributed by atoms with E-state index >= 15 is 0 Å². The van der Waals surface area contributed by atoms with Crippen molar-refractivity contribution in [2.45, 2.75) is 25.6 Å². The second kappa shape index (κ2) is 9.05. The molecule has 0 spiro atoms. The number of nitrogens with zero attached hydrogens (tertiary/aromatic N) is 6. The van der Waals surface area contributed by atoms with E-state index in [1.807, 2.05) is 6.92 Å². The summed E-state index contributed by atoms with van der Waals surface area (Å²) in [7, 11) is 3.09. The molecular weight excluding hydrogens is 456 g/mol. The Morgan fingerprint density at radius 2 is 1.80 bits per heavy atom. The van der Waals surface area contributed by atoms with Gasteiger partial charge in [-0.05, 0) is 49.4 Å². The third-order valence-electron chi connectivity index (χ3n) is 5.68. The van der Waals surface area contributed by atoms with Crippen molar-refractivity contribution >= 4 is 17.5 Å². The van der Waals surface area contributed by atoms with E-state index in [1.165, 1.54) is 5.01 Å². The van der Waals surface area contributed by atoms with Crippen molar-refractivity contribution in [2.75, 3.05) is 25.7 Å². The Labute approximate surface area is 200 Å². The average molecular weight is 478 g/mol. The molecule has 3 aromatic rings. The minimum atomic E-state index is -0.928. The molecule has 1 saturated heterocycles. The number of benzene rings is 2. The van der Waals surface area contributed by atoms with Crippen molar-refractivity contribution in [1.82, 2.24) is 15.1 Å². The Kier molecular flexibility index (Phi) is 5.77. The van der Waals surface area contributed by atoms with Crippen molar-refractivity contribution in [1.29, 1.82) is 0 Å². The van der Waals surface area contributed by atoms with Gasteiger partial charge in [-0.2, -0.15) is 10.1 Å². The Hall–Kier alpha value is -4.48. The molecular formula is C23H22N6O6. The highest BCUT2D eigenvalue weighted by Crippen LogP contribution is 2.34. The summed E-state index contributed by atoms with van der Waals surface area (Å²) in [6.07, 6.45) is 0. The maximum Gasteiger partial charge on any atom is 0.263 e. The first-order valence-corrected chi connectivity index (χ1v) is 10.9. The normalized spacial score (nSPS) is 18.8. The van der Waals surface area contributed by atoms with Crippen molar-refractivity contribution in [3.05, 3.63) is 48.4 Å². The van der Waals surface area contributed by atoms with Crippen molar-refractivity contribution in [3.8, 4) is 28.6 Å². The van der Waals surface area contributed by atoms with Crippen molar-refractivity contribution < 1.29 is 28.3 Å². The number of carbonyl (C=O) groups is 2. The minimum Gasteiger partial charge on any atom is -0.497 e. The topological polar surface area (TPSA) is 132 Å². The molecule has 0 bridgehead atoms. The van der Waals surface area contributed by atoms with Crippen LogP contribution in [-0.2, 0) is 16.1 Å². The number of methoxy groups -OCH3 is 2. The first-order valence-electron chi connectivity index (χ1n) is 10.9. The van der Waals surface area contributed by atoms with Gasteiger partial charge in [0.05, 0.1) is 26.5 Å². The summed E-state index contributed by atoms with van der Waals surface area (Å²) in [6.45, 7) is 2.41. The summed E-state index contributed by atoms with van der Waals surface area (Å²) in [5.74, 6) is 1.46. The van der Waals surface area contributed by atoms with Crippen LogP contribution in [0.2, 0.25) is 0 Å². The summed E-state index contributed by atoms with van der Waals surface area (Å²) in [5.41, 5.74) is 1.11. The van der Waals surface area contributed by atoms with Crippen LogP contribution in [0.5, 0.6) is 17.2 Å². The molecule has 2 amide bonds. The van der Waals surface area contributed by atoms with Gasteiger partial charge in [0, 0.05) is 5.56 Å². The van der Waals surface area contributed by atoms with Gasteiger partial charge in [-0.3, -0.25) is 14.6 Å². The van der Waals surface area contributed by atoms with Crippen molar-refractivity contribution in [3.63, 3.8) is 0 Å². The number of rotatable bonds is 8. The van der Waals surface area contributed by atoms with Gasteiger partial charge in [-0.15, -0.1) is 0 Å². The first-order chi connectivity index (χ1) is 17.0. The third kappa shape index (κ3) is 3.92. The number of amides is 2. The van der Waals surface area contributed by atoms with Crippen LogP contribution in [0, 0.1) is 0 Å². The molecule has 0 N–H and O–H groups in total. The Balaban J connectivity index is 1.33. The van der Waals surface area contributed by atoms with E-state index in [0.717, 1.165) is 4.90 Å². The molecule has 3 heterocycles. The quantitative estimate of drug-likeness (QED) is 0.448. The van der Waals surface area contributed by atoms with Crippen LogP contribution in [0.4, 0.5) is 5.69 Å². The molecule has 1 aromatic heterocycles. The Morgan fingerprint density at radius 1 is 1.00 bits per heavy atom. The van der Waals surface area contributed by atoms with Crippen LogP contribution < -0.4 is 19.1 Å². The van der Waals surface area contributed by atoms with Gasteiger partial charge in [0.25, 0.3) is 11.8 Å². The molecule has 2 aliphatic rings. The molecule has 0 saturated carbocycles. The van der Waals surface area contributed by atoms with Gasteiger partial charge in [0.1, 0.15) is 12.3 Å². The number of imide groups is 1. The van der Waals surface area contributed by atoms with E-state index in [2.05, 4.69) is 20.5 Å². The predicted octanol–water partition coefficient (Wildman–Crippen LogP) is 2.65. The Morgan fingerprint density at radius 3 is 2.51 bits per heavy atom. The zero-order chi connectivity index (χ0) is 24.5. The summed E-state index contributed by atoms with van der Waals surface area (Å²) in [5, 5.41) is 13.5. The SMILES string of the molecule is CCOc1ccc(-c2noc(CN3N=N[C@@H]4C(=O)N(c5ccc(OC)cc5)C(=O)[C@H]43)n2)cc1OC. The highest BCUT2D eigenvalue weighted by molar-refractivity contribution is 6.25. The van der Waals surface area contributed by atoms with Gasteiger partial charge in [-0.1, -0.05) is 10.4 Å². The smallest absolute Gasteiger partial charge is 0.263 e. The number of carbonyl (C=O) groups excluding carboxylic acids is 2. The van der Waals surface area contributed by atoms with Crippen LogP contribution in [0.1, 0.15) is 12.8 Å². The number of aromatic nitrogens is 2. The fourth-order valence-corrected chi connectivity index (χ4v) is 4.00. The highest BCUT2D eigenvalue weighted by Gasteiger charge is 2.55. The summed E-state index contributed by atoms with van der Waals surface area (Å²) in [6, 6.07) is 10.1. The van der Waals surface area contributed by atoms with E-state index < -0.39 is 23.9 Å². The predicted molar refractivity (Wildman–Crippen MR) is 121 cm³/mol. The van der Waals surface area contributed by atoms with Crippen molar-refractivity contribution in [2.24, 2.45) is 10.3 Å². The summed E-state index contributed by atoms with van der Waals surface area (Å²) in [4.78, 5) is 31.6. The largest absolute Gasteiger partial charge is 0.497 e. The molecule has 0 aliphatic carbocycles. The second-order valence-electron chi connectivity index (χ2n) is 7.71. The second-order valence-corrected chi connectivity index (χ2v) is 7.71. The van der Waals surface area contributed by atoms with Gasteiger partial charge < -0.3 is 18.7 Å². The van der Waals surface area contributed by atoms with Crippen LogP contribution in [0.15, 0.2) is 57.3 Å². The van der Waals surface area contributed by atoms with E-state index in [9.17, 15) is 9.59 Å². The molecule has 180 valence electrons. The van der Waals surface area contributed by atoms with E-state index in [-0.39, 0.29) is 12.4 Å². The molecule has 0 radical (unpaired) electrons. The van der Waals surface area contributed by atoms with Gasteiger partial charge in [-0.25, -0.2) is 4.90 Å². The molecule has 5 rings (SSSR count). The fourth-order valence-electron chi connectivity index (χ4n) is 4.00. The lowest BCUT2D eigenvalue weighted by atomic mass is 10.1. The zero-order valence-electron chi connectivity index (χ0n) is 19.2. The van der Waals surface area contributed by atoms with E-state index in [4.69, 9.17) is 18.7 Å². The maximum atomic E-state index is 13.2. The third-order valence-corrected chi connectivity index (χ3v) is 5.68. The monoisotopic (exact) mass is 478 g/mol. The molecule has 2 aromatic carbocycles. The maximum absolute atomic E-state index is 13.2. The fraction of sp³-hybridized carbons (Fsp3) is 0.304. The van der Waals surface area contributed by atoms with E-state index in [0.29, 0.717) is 40.9 Å². The number of anilines is 1. The average Bonchev–Trinajstić information content (AvgIpc) is 3.58. The zero-order valence-corrected chi connectivity index (χ0v) is 19.2. The summed E-state index contributed by atoms with van der Waals surface area (Å²) < 4.78 is 21.4. The molecule has 0 unspecified atom stereocenters. The van der Waals surface area contributed by atoms with Crippen LogP contribution in [0.25, 0.3) is 11.4 Å². The first kappa shape index (κ1) is 22.3. The van der Waals surface area contributed by atoms with Gasteiger partial charge >= 0.3 is 0 Å². The number of ether oxygens (including phenoxy) is 3. The molecule has 2 atom stereocenters. The molecule has 2 aliphatic heterocycles. The number of fused-ring (bicyclic) bond motifs is 1. The van der Waals surface area contributed by atoms with Crippen LogP contribution >= 0.6 is 0 Å². The lowest BCUT2D eigenvalue weighted by molar-refractivity contribution is -0.123.